The van der Waals surface area contributed by atoms with Crippen molar-refractivity contribution in [3.05, 3.63) is 85.3 Å². The molecule has 0 heterocycles. The highest BCUT2D eigenvalue weighted by molar-refractivity contribution is 7.47. The van der Waals surface area contributed by atoms with Gasteiger partial charge in [-0.05, 0) is 70.3 Å². The van der Waals surface area contributed by atoms with E-state index >= 15 is 0 Å². The SMILES string of the molecule is CC/C=C\C[C@H](O)/C=C/C=C/C=C\C=C/[C@@H](O)[C@H](O)CCCC(=O)O[C@H](CO/C=C/CCCCCC/C=C\CCCCCCCC)COP(=O)(O)OCC[N+](C)(C)C. The van der Waals surface area contributed by atoms with E-state index in [-0.39, 0.29) is 32.5 Å². The molecule has 12 heteroatoms. The molecule has 0 amide bonds. The molecule has 0 aliphatic heterocycles. The highest BCUT2D eigenvalue weighted by Gasteiger charge is 2.26. The van der Waals surface area contributed by atoms with Gasteiger partial charge in [0, 0.05) is 6.42 Å². The second-order valence-corrected chi connectivity index (χ2v) is 17.1. The molecular formula is C46H81NO10P+. The lowest BCUT2D eigenvalue weighted by atomic mass is 10.1. The number of nitrogens with zero attached hydrogens (tertiary/aromatic N) is 1. The van der Waals surface area contributed by atoms with Gasteiger partial charge in [-0.3, -0.25) is 13.8 Å². The first-order valence-electron chi connectivity index (χ1n) is 21.7. The van der Waals surface area contributed by atoms with Crippen molar-refractivity contribution in [2.75, 3.05) is 47.5 Å². The number of unbranched alkanes of at least 4 members (excludes halogenated alkanes) is 11. The van der Waals surface area contributed by atoms with Crippen LogP contribution in [0.15, 0.2) is 85.3 Å². The molecular weight excluding hydrogens is 757 g/mol. The van der Waals surface area contributed by atoms with Gasteiger partial charge in [-0.2, -0.15) is 0 Å². The lowest BCUT2D eigenvalue weighted by Crippen LogP contribution is -2.37. The van der Waals surface area contributed by atoms with Gasteiger partial charge in [-0.25, -0.2) is 4.57 Å². The number of allylic oxidation sites excluding steroid dienone is 10. The minimum atomic E-state index is -4.40. The van der Waals surface area contributed by atoms with E-state index in [9.17, 15) is 29.6 Å². The molecule has 0 aliphatic rings. The monoisotopic (exact) mass is 839 g/mol. The normalized spacial score (nSPS) is 16.2. The minimum absolute atomic E-state index is 0.00856. The Balaban J connectivity index is 4.69. The topological polar surface area (TPSA) is 152 Å². The van der Waals surface area contributed by atoms with Crippen molar-refractivity contribution in [1.29, 1.82) is 0 Å². The maximum atomic E-state index is 12.7. The number of likely N-dealkylation sites (N-methyl/N-ethyl adjacent to an activating group) is 1. The molecule has 0 aliphatic carbocycles. The smallest absolute Gasteiger partial charge is 0.472 e. The standard InChI is InChI=1S/C46H80NO10P/c1-6-8-10-11-12-13-14-15-16-17-18-19-20-23-26-30-38-54-40-43(41-56-58(52,53)55-39-37-47(3,4)5)57-46(51)36-31-35-45(50)44(49)34-29-25-22-21-24-28-33-42(48)32-27-9-7-2/h9,15-16,21-22,24-25,27-30,33-34,38,42-45,48-50H,6-8,10-14,17-20,23,26,31-32,35-37,39-41H2,1-5H3/p+1/b16-15-,24-21+,25-22-,27-9-,33-28+,34-29-,38-30+/t42-,43+,44+,45+/m0/s1. The van der Waals surface area contributed by atoms with Crippen molar-refractivity contribution < 1.29 is 52.6 Å². The molecule has 58 heavy (non-hydrogen) atoms. The van der Waals surface area contributed by atoms with Crippen LogP contribution in [0, 0.1) is 0 Å². The van der Waals surface area contributed by atoms with E-state index in [1.54, 1.807) is 48.8 Å². The fourth-order valence-corrected chi connectivity index (χ4v) is 6.06. The first kappa shape index (κ1) is 55.4. The molecule has 0 saturated carbocycles. The first-order valence-corrected chi connectivity index (χ1v) is 23.2. The number of quaternary nitrogens is 1. The Labute approximate surface area is 352 Å². The Bertz CT molecular complexity index is 1250. The quantitative estimate of drug-likeness (QED) is 0.00900. The van der Waals surface area contributed by atoms with Crippen LogP contribution in [0.2, 0.25) is 0 Å². The third-order valence-electron chi connectivity index (χ3n) is 8.85. The summed E-state index contributed by atoms with van der Waals surface area (Å²) in [5, 5.41) is 30.5. The van der Waals surface area contributed by atoms with Gasteiger partial charge >= 0.3 is 13.8 Å². The van der Waals surface area contributed by atoms with Gasteiger partial charge in [-0.1, -0.05) is 132 Å². The molecule has 4 N–H and O–H groups in total. The van der Waals surface area contributed by atoms with Gasteiger partial charge in [0.15, 0.2) is 6.10 Å². The predicted molar refractivity (Wildman–Crippen MR) is 237 cm³/mol. The highest BCUT2D eigenvalue weighted by atomic mass is 31.2. The first-order chi connectivity index (χ1) is 27.8. The summed E-state index contributed by atoms with van der Waals surface area (Å²) in [6.45, 7) is 4.29. The lowest BCUT2D eigenvalue weighted by Gasteiger charge is -2.24. The Morgan fingerprint density at radius 1 is 0.690 bits per heavy atom. The molecule has 0 rings (SSSR count). The fraction of sp³-hybridized carbons (Fsp3) is 0.674. The molecule has 0 saturated heterocycles. The van der Waals surface area contributed by atoms with Crippen molar-refractivity contribution in [1.82, 2.24) is 0 Å². The van der Waals surface area contributed by atoms with Crippen LogP contribution in [-0.2, 0) is 27.9 Å². The van der Waals surface area contributed by atoms with Gasteiger partial charge in [0.2, 0.25) is 0 Å². The van der Waals surface area contributed by atoms with Crippen molar-refractivity contribution in [2.24, 2.45) is 0 Å². The van der Waals surface area contributed by atoms with Gasteiger partial charge in [0.25, 0.3) is 0 Å². The summed E-state index contributed by atoms with van der Waals surface area (Å²) < 4.78 is 34.4. The van der Waals surface area contributed by atoms with Crippen LogP contribution in [-0.4, -0.2) is 103 Å². The zero-order chi connectivity index (χ0) is 43.2. The number of rotatable bonds is 38. The Kier molecular flexibility index (Phi) is 35.7. The van der Waals surface area contributed by atoms with Crippen LogP contribution in [0.3, 0.4) is 0 Å². The van der Waals surface area contributed by atoms with Crippen molar-refractivity contribution in [2.45, 2.75) is 154 Å². The summed E-state index contributed by atoms with van der Waals surface area (Å²) >= 11 is 0. The molecule has 0 spiro atoms. The summed E-state index contributed by atoms with van der Waals surface area (Å²) in [6, 6.07) is 0. The number of esters is 1. The molecule has 0 aromatic heterocycles. The summed E-state index contributed by atoms with van der Waals surface area (Å²) in [7, 11) is 1.40. The summed E-state index contributed by atoms with van der Waals surface area (Å²) in [4.78, 5) is 22.9. The number of hydrogen-bond acceptors (Lipinski definition) is 9. The number of carbonyl (C=O) groups excluding carboxylic acids is 1. The molecule has 334 valence electrons. The summed E-state index contributed by atoms with van der Waals surface area (Å²) in [6.07, 6.45) is 39.4. The molecule has 1 unspecified atom stereocenters. The zero-order valence-corrected chi connectivity index (χ0v) is 37.5. The average molecular weight is 839 g/mol. The maximum absolute atomic E-state index is 12.7. The van der Waals surface area contributed by atoms with E-state index < -0.39 is 44.8 Å². The van der Waals surface area contributed by atoms with Crippen LogP contribution in [0.5, 0.6) is 0 Å². The van der Waals surface area contributed by atoms with Crippen LogP contribution in [0.4, 0.5) is 0 Å². The van der Waals surface area contributed by atoms with Crippen molar-refractivity contribution in [3.8, 4) is 0 Å². The number of hydrogen-bond donors (Lipinski definition) is 4. The van der Waals surface area contributed by atoms with Gasteiger partial charge < -0.3 is 34.2 Å². The summed E-state index contributed by atoms with van der Waals surface area (Å²) in [5.74, 6) is -0.594. The number of aliphatic hydroxyl groups excluding tert-OH is 3. The zero-order valence-electron chi connectivity index (χ0n) is 36.6. The molecule has 0 fully saturated rings. The van der Waals surface area contributed by atoms with E-state index in [4.69, 9.17) is 18.5 Å². The van der Waals surface area contributed by atoms with Crippen LogP contribution >= 0.6 is 7.82 Å². The van der Waals surface area contributed by atoms with E-state index in [0.29, 0.717) is 17.4 Å². The highest BCUT2D eigenvalue weighted by Crippen LogP contribution is 2.43. The van der Waals surface area contributed by atoms with E-state index in [2.05, 4.69) is 19.1 Å². The van der Waals surface area contributed by atoms with Crippen molar-refractivity contribution in [3.63, 3.8) is 0 Å². The Morgan fingerprint density at radius 2 is 1.28 bits per heavy atom. The largest absolute Gasteiger partial charge is 0.498 e. The molecule has 0 radical (unpaired) electrons. The van der Waals surface area contributed by atoms with Gasteiger partial charge in [0.05, 0.1) is 52.3 Å². The summed E-state index contributed by atoms with van der Waals surface area (Å²) in [5.41, 5.74) is 0. The molecule has 0 bridgehead atoms. The minimum Gasteiger partial charge on any atom is -0.498 e. The molecule has 0 aromatic carbocycles. The number of phosphoric ester groups is 1. The predicted octanol–water partition coefficient (Wildman–Crippen LogP) is 9.75. The van der Waals surface area contributed by atoms with Crippen LogP contribution < -0.4 is 0 Å². The van der Waals surface area contributed by atoms with E-state index in [1.807, 2.05) is 46.3 Å². The fourth-order valence-electron chi connectivity index (χ4n) is 5.32. The van der Waals surface area contributed by atoms with Crippen LogP contribution in [0.25, 0.3) is 0 Å². The van der Waals surface area contributed by atoms with Crippen LogP contribution in [0.1, 0.15) is 129 Å². The average Bonchev–Trinajstić information content (AvgIpc) is 3.16. The number of aliphatic hydroxyl groups is 3. The number of carbonyl (C=O) groups is 1. The lowest BCUT2D eigenvalue weighted by molar-refractivity contribution is -0.870. The second-order valence-electron chi connectivity index (χ2n) is 15.6. The van der Waals surface area contributed by atoms with Gasteiger partial charge in [-0.15, -0.1) is 0 Å². The molecule has 0 aromatic rings. The molecule has 5 atom stereocenters. The van der Waals surface area contributed by atoms with E-state index in [1.165, 1.54) is 63.9 Å². The maximum Gasteiger partial charge on any atom is 0.472 e. The number of phosphoric acid groups is 1. The number of ether oxygens (including phenoxy) is 2. The Hall–Kier alpha value is -2.60. The third-order valence-corrected chi connectivity index (χ3v) is 9.83. The van der Waals surface area contributed by atoms with Gasteiger partial charge in [0.1, 0.15) is 19.8 Å². The van der Waals surface area contributed by atoms with E-state index in [0.717, 1.165) is 32.1 Å². The third kappa shape index (κ3) is 38.9. The molecule has 11 nitrogen and oxygen atoms in total. The Morgan fingerprint density at radius 3 is 1.90 bits per heavy atom. The second kappa shape index (κ2) is 37.4. The van der Waals surface area contributed by atoms with Crippen molar-refractivity contribution >= 4 is 13.8 Å².